The van der Waals surface area contributed by atoms with Crippen LogP contribution in [0.2, 0.25) is 0 Å². The Bertz CT molecular complexity index is 590. The van der Waals surface area contributed by atoms with Crippen molar-refractivity contribution >= 4 is 10.0 Å². The van der Waals surface area contributed by atoms with Crippen LogP contribution in [0.1, 0.15) is 37.6 Å². The lowest BCUT2D eigenvalue weighted by molar-refractivity contribution is 0.528. The first-order chi connectivity index (χ1) is 9.85. The van der Waals surface area contributed by atoms with E-state index in [9.17, 15) is 8.42 Å². The quantitative estimate of drug-likeness (QED) is 0.755. The summed E-state index contributed by atoms with van der Waals surface area (Å²) in [6.07, 6.45) is 3.38. The van der Waals surface area contributed by atoms with E-state index in [1.54, 1.807) is 11.6 Å². The minimum Gasteiger partial charge on any atom is -0.318 e. The molecule has 1 heterocycles. The summed E-state index contributed by atoms with van der Waals surface area (Å²) in [6, 6.07) is -0.0260. The van der Waals surface area contributed by atoms with E-state index < -0.39 is 10.0 Å². The molecule has 0 aromatic carbocycles. The summed E-state index contributed by atoms with van der Waals surface area (Å²) in [7, 11) is -1.63. The van der Waals surface area contributed by atoms with Gasteiger partial charge < -0.3 is 5.32 Å². The molecule has 21 heavy (non-hydrogen) atoms. The maximum Gasteiger partial charge on any atom is 0.244 e. The molecule has 0 bridgehead atoms. The number of nitrogens with zero attached hydrogens (tertiary/aromatic N) is 2. The van der Waals surface area contributed by atoms with Gasteiger partial charge in [0, 0.05) is 12.6 Å². The van der Waals surface area contributed by atoms with Crippen LogP contribution in [-0.2, 0) is 16.6 Å². The van der Waals surface area contributed by atoms with Crippen LogP contribution in [0.5, 0.6) is 0 Å². The van der Waals surface area contributed by atoms with Crippen molar-refractivity contribution in [3.8, 4) is 0 Å². The maximum atomic E-state index is 12.6. The molecule has 1 aliphatic rings. The van der Waals surface area contributed by atoms with E-state index >= 15 is 0 Å². The van der Waals surface area contributed by atoms with Crippen molar-refractivity contribution in [3.63, 3.8) is 0 Å². The standard InChI is InChI=1S/C14H26N4O2S/c1-10(9-13-5-6-13)17-21(19,20)14-11(2)16-18(12(14)3)8-7-15-4/h10,13,15,17H,5-9H2,1-4H3. The van der Waals surface area contributed by atoms with Gasteiger partial charge in [0.25, 0.3) is 0 Å². The predicted molar refractivity (Wildman–Crippen MR) is 82.8 cm³/mol. The zero-order chi connectivity index (χ0) is 15.6. The van der Waals surface area contributed by atoms with Gasteiger partial charge in [-0.1, -0.05) is 12.8 Å². The van der Waals surface area contributed by atoms with E-state index in [1.165, 1.54) is 12.8 Å². The first-order valence-electron chi connectivity index (χ1n) is 7.56. The molecule has 2 rings (SSSR count). The lowest BCUT2D eigenvalue weighted by atomic mass is 10.2. The summed E-state index contributed by atoms with van der Waals surface area (Å²) in [6.45, 7) is 6.92. The van der Waals surface area contributed by atoms with Gasteiger partial charge in [0.05, 0.1) is 17.9 Å². The topological polar surface area (TPSA) is 76.0 Å². The van der Waals surface area contributed by atoms with Gasteiger partial charge in [0.2, 0.25) is 10.0 Å². The first-order valence-corrected chi connectivity index (χ1v) is 9.04. The summed E-state index contributed by atoms with van der Waals surface area (Å²) < 4.78 is 29.7. The van der Waals surface area contributed by atoms with E-state index in [1.807, 2.05) is 20.9 Å². The lowest BCUT2D eigenvalue weighted by Gasteiger charge is -2.14. The number of nitrogens with one attached hydrogen (secondary N) is 2. The van der Waals surface area contributed by atoms with Crippen molar-refractivity contribution in [3.05, 3.63) is 11.4 Å². The average Bonchev–Trinajstić information content (AvgIpc) is 3.11. The van der Waals surface area contributed by atoms with E-state index in [4.69, 9.17) is 0 Å². The molecule has 1 unspecified atom stereocenters. The summed E-state index contributed by atoms with van der Waals surface area (Å²) >= 11 is 0. The van der Waals surface area contributed by atoms with Gasteiger partial charge >= 0.3 is 0 Å². The maximum absolute atomic E-state index is 12.6. The Hall–Kier alpha value is -0.920. The number of hydrogen-bond acceptors (Lipinski definition) is 4. The highest BCUT2D eigenvalue weighted by atomic mass is 32.2. The Morgan fingerprint density at radius 1 is 1.38 bits per heavy atom. The minimum atomic E-state index is -3.50. The Kier molecular flexibility index (Phi) is 5.06. The number of aryl methyl sites for hydroxylation is 1. The third-order valence-electron chi connectivity index (χ3n) is 3.90. The smallest absolute Gasteiger partial charge is 0.244 e. The van der Waals surface area contributed by atoms with Gasteiger partial charge in [-0.05, 0) is 40.2 Å². The highest BCUT2D eigenvalue weighted by Crippen LogP contribution is 2.33. The van der Waals surface area contributed by atoms with Crippen molar-refractivity contribution < 1.29 is 8.42 Å². The van der Waals surface area contributed by atoms with Crippen LogP contribution in [0.25, 0.3) is 0 Å². The van der Waals surface area contributed by atoms with Gasteiger partial charge in [-0.3, -0.25) is 4.68 Å². The predicted octanol–water partition coefficient (Wildman–Crippen LogP) is 1.19. The molecule has 1 atom stereocenters. The van der Waals surface area contributed by atoms with Crippen molar-refractivity contribution in [2.24, 2.45) is 5.92 Å². The van der Waals surface area contributed by atoms with Crippen molar-refractivity contribution in [2.75, 3.05) is 13.6 Å². The molecule has 0 radical (unpaired) electrons. The Morgan fingerprint density at radius 3 is 2.62 bits per heavy atom. The minimum absolute atomic E-state index is 0.0260. The van der Waals surface area contributed by atoms with E-state index in [0.717, 1.165) is 13.0 Å². The third kappa shape index (κ3) is 4.05. The van der Waals surface area contributed by atoms with Gasteiger partial charge in [0.15, 0.2) is 0 Å². The van der Waals surface area contributed by atoms with Crippen LogP contribution in [0.3, 0.4) is 0 Å². The fraction of sp³-hybridized carbons (Fsp3) is 0.786. The Balaban J connectivity index is 2.16. The van der Waals surface area contributed by atoms with Crippen molar-refractivity contribution in [1.82, 2.24) is 19.8 Å². The van der Waals surface area contributed by atoms with E-state index in [2.05, 4.69) is 15.1 Å². The zero-order valence-electron chi connectivity index (χ0n) is 13.3. The second kappa shape index (κ2) is 6.46. The second-order valence-electron chi connectivity index (χ2n) is 6.03. The van der Waals surface area contributed by atoms with Gasteiger partial charge in [-0.2, -0.15) is 5.10 Å². The lowest BCUT2D eigenvalue weighted by Crippen LogP contribution is -2.33. The highest BCUT2D eigenvalue weighted by molar-refractivity contribution is 7.89. The van der Waals surface area contributed by atoms with Gasteiger partial charge in [-0.25, -0.2) is 13.1 Å². The molecule has 1 aliphatic carbocycles. The van der Waals surface area contributed by atoms with Crippen LogP contribution in [0.4, 0.5) is 0 Å². The normalized spacial score (nSPS) is 17.1. The second-order valence-corrected chi connectivity index (χ2v) is 7.68. The molecule has 120 valence electrons. The zero-order valence-corrected chi connectivity index (χ0v) is 14.1. The molecular weight excluding hydrogens is 288 g/mol. The largest absolute Gasteiger partial charge is 0.318 e. The number of aromatic nitrogens is 2. The first kappa shape index (κ1) is 16.5. The van der Waals surface area contributed by atoms with Crippen LogP contribution in [0, 0.1) is 19.8 Å². The van der Waals surface area contributed by atoms with Crippen molar-refractivity contribution in [1.29, 1.82) is 0 Å². The molecule has 0 saturated heterocycles. The average molecular weight is 314 g/mol. The summed E-state index contributed by atoms with van der Waals surface area (Å²) in [4.78, 5) is 0.334. The van der Waals surface area contributed by atoms with Gasteiger partial charge in [-0.15, -0.1) is 0 Å². The molecule has 2 N–H and O–H groups in total. The monoisotopic (exact) mass is 314 g/mol. The van der Waals surface area contributed by atoms with E-state index in [0.29, 0.717) is 28.7 Å². The Labute approximate surface area is 127 Å². The number of likely N-dealkylation sites (N-methyl/N-ethyl adjacent to an activating group) is 1. The Morgan fingerprint density at radius 2 is 2.05 bits per heavy atom. The highest BCUT2D eigenvalue weighted by Gasteiger charge is 2.29. The number of hydrogen-bond donors (Lipinski definition) is 2. The molecular formula is C14H26N4O2S. The summed E-state index contributed by atoms with van der Waals surface area (Å²) in [5.74, 6) is 0.697. The fourth-order valence-corrected chi connectivity index (χ4v) is 4.40. The molecule has 1 aromatic heterocycles. The molecule has 0 spiro atoms. The van der Waals surface area contributed by atoms with Crippen molar-refractivity contribution in [2.45, 2.75) is 57.5 Å². The van der Waals surface area contributed by atoms with Crippen LogP contribution >= 0.6 is 0 Å². The third-order valence-corrected chi connectivity index (χ3v) is 5.74. The fourth-order valence-electron chi connectivity index (χ4n) is 2.73. The molecule has 1 fully saturated rings. The molecule has 0 aliphatic heterocycles. The molecule has 1 aromatic rings. The van der Waals surface area contributed by atoms with Gasteiger partial charge in [0.1, 0.15) is 4.90 Å². The number of sulfonamides is 1. The van der Waals surface area contributed by atoms with E-state index in [-0.39, 0.29) is 6.04 Å². The summed E-state index contributed by atoms with van der Waals surface area (Å²) in [5.41, 5.74) is 1.27. The molecule has 1 saturated carbocycles. The van der Waals surface area contributed by atoms with Crippen LogP contribution in [-0.4, -0.2) is 37.8 Å². The van der Waals surface area contributed by atoms with Crippen LogP contribution < -0.4 is 10.0 Å². The number of rotatable bonds is 8. The molecule has 0 amide bonds. The summed E-state index contributed by atoms with van der Waals surface area (Å²) in [5, 5.41) is 7.40. The van der Waals surface area contributed by atoms with Crippen LogP contribution in [0.15, 0.2) is 4.90 Å². The molecule has 6 nitrogen and oxygen atoms in total. The molecule has 7 heteroatoms. The SMILES string of the molecule is CNCCn1nc(C)c(S(=O)(=O)NC(C)CC2CC2)c1C.